The molecular formula is C14H19NO3. The van der Waals surface area contributed by atoms with Gasteiger partial charge in [0.2, 0.25) is 0 Å². The molecule has 0 saturated carbocycles. The average molecular weight is 249 g/mol. The molecule has 0 spiro atoms. The lowest BCUT2D eigenvalue weighted by Crippen LogP contribution is -2.31. The van der Waals surface area contributed by atoms with E-state index in [1.807, 2.05) is 18.2 Å². The highest BCUT2D eigenvalue weighted by atomic mass is 16.4. The molecule has 0 radical (unpaired) electrons. The number of aliphatic hydroxyl groups is 1. The van der Waals surface area contributed by atoms with Crippen molar-refractivity contribution in [1.82, 2.24) is 4.90 Å². The quantitative estimate of drug-likeness (QED) is 0.826. The van der Waals surface area contributed by atoms with Crippen molar-refractivity contribution in [3.63, 3.8) is 0 Å². The molecule has 4 heteroatoms. The highest BCUT2D eigenvalue weighted by Gasteiger charge is 2.25. The third-order valence-corrected chi connectivity index (χ3v) is 3.42. The van der Waals surface area contributed by atoms with Crippen LogP contribution in [0.4, 0.5) is 0 Å². The lowest BCUT2D eigenvalue weighted by Gasteiger charge is -2.19. The minimum atomic E-state index is -0.943. The molecule has 0 aliphatic carbocycles. The fraction of sp³-hybridized carbons (Fsp3) is 0.500. The molecule has 1 aromatic rings. The Morgan fingerprint density at radius 2 is 2.11 bits per heavy atom. The van der Waals surface area contributed by atoms with E-state index in [1.165, 1.54) is 5.56 Å². The molecule has 2 N–H and O–H groups in total. The number of hydrogen-bond donors (Lipinski definition) is 2. The zero-order valence-corrected chi connectivity index (χ0v) is 10.3. The van der Waals surface area contributed by atoms with Crippen LogP contribution in [0.3, 0.4) is 0 Å². The Bertz CT molecular complexity index is 393. The van der Waals surface area contributed by atoms with Gasteiger partial charge in [0.05, 0.1) is 12.5 Å². The molecular weight excluding hydrogens is 230 g/mol. The fourth-order valence-corrected chi connectivity index (χ4v) is 2.56. The first-order valence-electron chi connectivity index (χ1n) is 6.32. The Hall–Kier alpha value is -1.39. The molecule has 1 aliphatic rings. The number of β-amino-alcohol motifs (C(OH)–C–C–N with tert-alkyl or cyclic N) is 1. The van der Waals surface area contributed by atoms with Crippen molar-refractivity contribution in [3.05, 3.63) is 35.9 Å². The summed E-state index contributed by atoms with van der Waals surface area (Å²) in [7, 11) is 0. The van der Waals surface area contributed by atoms with Crippen LogP contribution >= 0.6 is 0 Å². The summed E-state index contributed by atoms with van der Waals surface area (Å²) in [5.74, 6) is -0.440. The summed E-state index contributed by atoms with van der Waals surface area (Å²) in [4.78, 5) is 12.6. The summed E-state index contributed by atoms with van der Waals surface area (Å²) in [5, 5.41) is 18.2. The van der Waals surface area contributed by atoms with Gasteiger partial charge in [-0.3, -0.25) is 4.79 Å². The number of aliphatic hydroxyl groups excluding tert-OH is 1. The summed E-state index contributed by atoms with van der Waals surface area (Å²) < 4.78 is 0. The van der Waals surface area contributed by atoms with Crippen LogP contribution < -0.4 is 0 Å². The summed E-state index contributed by atoms with van der Waals surface area (Å²) in [5.41, 5.74) is 1.33. The van der Waals surface area contributed by atoms with Crippen LogP contribution in [-0.2, 0) is 4.79 Å². The van der Waals surface area contributed by atoms with Gasteiger partial charge in [0.1, 0.15) is 0 Å². The van der Waals surface area contributed by atoms with Gasteiger partial charge in [-0.15, -0.1) is 0 Å². The van der Waals surface area contributed by atoms with Crippen LogP contribution in [0.15, 0.2) is 30.3 Å². The Labute approximate surface area is 107 Å². The second-order valence-corrected chi connectivity index (χ2v) is 4.91. The first-order chi connectivity index (χ1) is 8.65. The van der Waals surface area contributed by atoms with Crippen LogP contribution in [0.5, 0.6) is 0 Å². The van der Waals surface area contributed by atoms with Crippen molar-refractivity contribution in [2.24, 2.45) is 0 Å². The molecule has 2 rings (SSSR count). The molecule has 1 fully saturated rings. The molecule has 1 aliphatic heterocycles. The number of carbonyl (C=O) groups is 1. The minimum absolute atomic E-state index is 0.174. The molecule has 1 aromatic carbocycles. The zero-order valence-electron chi connectivity index (χ0n) is 10.3. The summed E-state index contributed by atoms with van der Waals surface area (Å²) in [6, 6.07) is 10.3. The van der Waals surface area contributed by atoms with Crippen LogP contribution in [0.25, 0.3) is 0 Å². The SMILES string of the molecule is O=C(O)CC(O)CN1CCC(c2ccccc2)C1. The maximum absolute atomic E-state index is 10.5. The van der Waals surface area contributed by atoms with E-state index in [2.05, 4.69) is 17.0 Å². The number of carboxylic acids is 1. The van der Waals surface area contributed by atoms with E-state index in [0.29, 0.717) is 12.5 Å². The standard InChI is InChI=1S/C14H19NO3/c16-13(8-14(17)18)10-15-7-6-12(9-15)11-4-2-1-3-5-11/h1-5,12-13,16H,6-10H2,(H,17,18). The molecule has 0 aromatic heterocycles. The molecule has 1 heterocycles. The van der Waals surface area contributed by atoms with Crippen LogP contribution in [0, 0.1) is 0 Å². The second-order valence-electron chi connectivity index (χ2n) is 4.91. The zero-order chi connectivity index (χ0) is 13.0. The monoisotopic (exact) mass is 249 g/mol. The number of nitrogens with zero attached hydrogens (tertiary/aromatic N) is 1. The van der Waals surface area contributed by atoms with E-state index in [4.69, 9.17) is 5.11 Å². The summed E-state index contributed by atoms with van der Waals surface area (Å²) in [6.45, 7) is 2.28. The van der Waals surface area contributed by atoms with E-state index in [0.717, 1.165) is 19.5 Å². The third kappa shape index (κ3) is 3.55. The average Bonchev–Trinajstić information content (AvgIpc) is 2.77. The number of aliphatic carboxylic acids is 1. The van der Waals surface area contributed by atoms with Crippen LogP contribution in [0.2, 0.25) is 0 Å². The van der Waals surface area contributed by atoms with Gasteiger partial charge >= 0.3 is 5.97 Å². The van der Waals surface area contributed by atoms with Gasteiger partial charge in [0.25, 0.3) is 0 Å². The van der Waals surface area contributed by atoms with Crippen molar-refractivity contribution < 1.29 is 15.0 Å². The smallest absolute Gasteiger partial charge is 0.306 e. The van der Waals surface area contributed by atoms with Gasteiger partial charge in [-0.1, -0.05) is 30.3 Å². The van der Waals surface area contributed by atoms with Gasteiger partial charge in [-0.2, -0.15) is 0 Å². The maximum Gasteiger partial charge on any atom is 0.306 e. The van der Waals surface area contributed by atoms with Crippen molar-refractivity contribution in [1.29, 1.82) is 0 Å². The Balaban J connectivity index is 1.83. The van der Waals surface area contributed by atoms with E-state index in [-0.39, 0.29) is 6.42 Å². The van der Waals surface area contributed by atoms with E-state index in [9.17, 15) is 9.90 Å². The Kier molecular flexibility index (Phi) is 4.33. The number of benzene rings is 1. The molecule has 0 bridgehead atoms. The largest absolute Gasteiger partial charge is 0.481 e. The summed E-state index contributed by atoms with van der Waals surface area (Å²) >= 11 is 0. The summed E-state index contributed by atoms with van der Waals surface area (Å²) in [6.07, 6.45) is 0.132. The van der Waals surface area contributed by atoms with Crippen molar-refractivity contribution in [2.45, 2.75) is 24.9 Å². The molecule has 4 nitrogen and oxygen atoms in total. The highest BCUT2D eigenvalue weighted by Crippen LogP contribution is 2.26. The van der Waals surface area contributed by atoms with E-state index >= 15 is 0 Å². The van der Waals surface area contributed by atoms with Gasteiger partial charge < -0.3 is 15.1 Å². The van der Waals surface area contributed by atoms with Crippen LogP contribution in [0.1, 0.15) is 24.3 Å². The highest BCUT2D eigenvalue weighted by molar-refractivity contribution is 5.67. The van der Waals surface area contributed by atoms with E-state index < -0.39 is 12.1 Å². The van der Waals surface area contributed by atoms with Crippen molar-refractivity contribution in [3.8, 4) is 0 Å². The maximum atomic E-state index is 10.5. The topological polar surface area (TPSA) is 60.8 Å². The second kappa shape index (κ2) is 5.98. The molecule has 2 unspecified atom stereocenters. The van der Waals surface area contributed by atoms with E-state index in [1.54, 1.807) is 0 Å². The first kappa shape index (κ1) is 13.1. The lowest BCUT2D eigenvalue weighted by atomic mass is 9.99. The first-order valence-corrected chi connectivity index (χ1v) is 6.32. The molecule has 2 atom stereocenters. The number of carboxylic acid groups (broad SMARTS) is 1. The molecule has 1 saturated heterocycles. The normalized spacial score (nSPS) is 21.9. The predicted octanol–water partition coefficient (Wildman–Crippen LogP) is 1.31. The Morgan fingerprint density at radius 1 is 1.39 bits per heavy atom. The predicted molar refractivity (Wildman–Crippen MR) is 68.5 cm³/mol. The Morgan fingerprint density at radius 3 is 2.78 bits per heavy atom. The van der Waals surface area contributed by atoms with Gasteiger partial charge in [0.15, 0.2) is 0 Å². The van der Waals surface area contributed by atoms with Crippen LogP contribution in [-0.4, -0.2) is 46.8 Å². The van der Waals surface area contributed by atoms with Crippen molar-refractivity contribution in [2.75, 3.05) is 19.6 Å². The lowest BCUT2D eigenvalue weighted by molar-refractivity contribution is -0.139. The molecule has 18 heavy (non-hydrogen) atoms. The molecule has 98 valence electrons. The third-order valence-electron chi connectivity index (χ3n) is 3.42. The minimum Gasteiger partial charge on any atom is -0.481 e. The van der Waals surface area contributed by atoms with Crippen molar-refractivity contribution >= 4 is 5.97 Å². The van der Waals surface area contributed by atoms with Gasteiger partial charge in [-0.25, -0.2) is 0 Å². The number of likely N-dealkylation sites (tertiary alicyclic amines) is 1. The van der Waals surface area contributed by atoms with Gasteiger partial charge in [0, 0.05) is 13.1 Å². The number of rotatable bonds is 5. The van der Waals surface area contributed by atoms with Gasteiger partial charge in [-0.05, 0) is 24.4 Å². The fourth-order valence-electron chi connectivity index (χ4n) is 2.56. The molecule has 0 amide bonds. The number of hydrogen-bond acceptors (Lipinski definition) is 3.